The molecule has 1 saturated carbocycles. The fourth-order valence-corrected chi connectivity index (χ4v) is 2.57. The number of nitrogens with zero attached hydrogens (tertiary/aromatic N) is 3. The highest BCUT2D eigenvalue weighted by molar-refractivity contribution is 5.90. The van der Waals surface area contributed by atoms with E-state index in [4.69, 9.17) is 4.42 Å². The van der Waals surface area contributed by atoms with Crippen LogP contribution < -0.4 is 10.6 Å². The first-order valence-corrected chi connectivity index (χ1v) is 7.34. The summed E-state index contributed by atoms with van der Waals surface area (Å²) in [7, 11) is 0. The van der Waals surface area contributed by atoms with Gasteiger partial charge in [-0.3, -0.25) is 15.0 Å². The van der Waals surface area contributed by atoms with Crippen LogP contribution in [0, 0.1) is 0 Å². The van der Waals surface area contributed by atoms with Crippen LogP contribution in [0.25, 0.3) is 0 Å². The molecule has 1 amide bonds. The summed E-state index contributed by atoms with van der Waals surface area (Å²) in [6, 6.07) is 0.660. The summed E-state index contributed by atoms with van der Waals surface area (Å²) in [4.78, 5) is 14.2. The fourth-order valence-electron chi connectivity index (χ4n) is 2.57. The number of aromatic nitrogens is 2. The molecule has 0 aromatic carbocycles. The predicted octanol–water partition coefficient (Wildman–Crippen LogP) is 0.569. The lowest BCUT2D eigenvalue weighted by Gasteiger charge is -2.25. The van der Waals surface area contributed by atoms with Crippen molar-refractivity contribution in [3.05, 3.63) is 5.89 Å². The van der Waals surface area contributed by atoms with Crippen LogP contribution in [-0.2, 0) is 4.79 Å². The molecule has 0 bridgehead atoms. The van der Waals surface area contributed by atoms with E-state index in [0.29, 0.717) is 24.4 Å². The standard InChI is InChI=1S/C13H21N5O2/c1-2-18(10-5-6-14-7-10)8-11(19)15-13-17-16-12(20-13)9-3-4-9/h9-10,14H,2-8H2,1H3,(H,15,17,19). The molecule has 2 aliphatic rings. The zero-order valence-corrected chi connectivity index (χ0v) is 11.8. The van der Waals surface area contributed by atoms with Gasteiger partial charge >= 0.3 is 6.01 Å². The van der Waals surface area contributed by atoms with Crippen molar-refractivity contribution in [2.45, 2.75) is 38.1 Å². The van der Waals surface area contributed by atoms with E-state index in [1.807, 2.05) is 0 Å². The third-order valence-corrected chi connectivity index (χ3v) is 3.92. The Morgan fingerprint density at radius 2 is 2.30 bits per heavy atom. The number of hydrogen-bond acceptors (Lipinski definition) is 6. The SMILES string of the molecule is CCN(CC(=O)Nc1nnc(C2CC2)o1)C1CCNC1. The number of nitrogens with one attached hydrogen (secondary N) is 2. The van der Waals surface area contributed by atoms with Crippen LogP contribution in [-0.4, -0.2) is 53.2 Å². The molecule has 1 atom stereocenters. The molecule has 2 heterocycles. The average molecular weight is 279 g/mol. The van der Waals surface area contributed by atoms with Gasteiger partial charge in [-0.1, -0.05) is 12.0 Å². The number of likely N-dealkylation sites (N-methyl/N-ethyl adjacent to an activating group) is 1. The van der Waals surface area contributed by atoms with Crippen LogP contribution in [0.4, 0.5) is 6.01 Å². The number of amides is 1. The lowest BCUT2D eigenvalue weighted by molar-refractivity contribution is -0.117. The molecule has 1 aliphatic carbocycles. The highest BCUT2D eigenvalue weighted by Gasteiger charge is 2.30. The molecule has 0 spiro atoms. The molecule has 0 radical (unpaired) electrons. The normalized spacial score (nSPS) is 22.4. The summed E-state index contributed by atoms with van der Waals surface area (Å²) in [5.74, 6) is 0.960. The Kier molecular flexibility index (Phi) is 3.98. The average Bonchev–Trinajstić information content (AvgIpc) is 2.96. The Hall–Kier alpha value is -1.47. The number of hydrogen-bond donors (Lipinski definition) is 2. The van der Waals surface area contributed by atoms with E-state index in [1.54, 1.807) is 0 Å². The lowest BCUT2D eigenvalue weighted by atomic mass is 10.2. The number of carbonyl (C=O) groups is 1. The van der Waals surface area contributed by atoms with Gasteiger partial charge in [0.1, 0.15) is 0 Å². The minimum Gasteiger partial charge on any atom is -0.408 e. The summed E-state index contributed by atoms with van der Waals surface area (Å²) in [6.07, 6.45) is 3.30. The second kappa shape index (κ2) is 5.88. The van der Waals surface area contributed by atoms with Gasteiger partial charge in [0.25, 0.3) is 0 Å². The van der Waals surface area contributed by atoms with Crippen molar-refractivity contribution in [3.63, 3.8) is 0 Å². The molecule has 1 aliphatic heterocycles. The number of anilines is 1. The molecular weight excluding hydrogens is 258 g/mol. The first-order chi connectivity index (χ1) is 9.76. The van der Waals surface area contributed by atoms with E-state index in [2.05, 4.69) is 32.7 Å². The third kappa shape index (κ3) is 3.16. The van der Waals surface area contributed by atoms with E-state index in [9.17, 15) is 4.79 Å². The van der Waals surface area contributed by atoms with Crippen molar-refractivity contribution in [2.24, 2.45) is 0 Å². The Bertz CT molecular complexity index is 465. The van der Waals surface area contributed by atoms with Gasteiger partial charge in [0, 0.05) is 18.5 Å². The van der Waals surface area contributed by atoms with Crippen molar-refractivity contribution in [1.29, 1.82) is 0 Å². The van der Waals surface area contributed by atoms with Gasteiger partial charge in [-0.2, -0.15) is 0 Å². The van der Waals surface area contributed by atoms with Crippen molar-refractivity contribution >= 4 is 11.9 Å². The van der Waals surface area contributed by atoms with Crippen LogP contribution in [0.5, 0.6) is 0 Å². The monoisotopic (exact) mass is 279 g/mol. The molecule has 20 heavy (non-hydrogen) atoms. The number of rotatable bonds is 6. The van der Waals surface area contributed by atoms with E-state index >= 15 is 0 Å². The lowest BCUT2D eigenvalue weighted by Crippen LogP contribution is -2.41. The van der Waals surface area contributed by atoms with E-state index < -0.39 is 0 Å². The first-order valence-electron chi connectivity index (χ1n) is 7.34. The summed E-state index contributed by atoms with van der Waals surface area (Å²) < 4.78 is 5.43. The second-order valence-corrected chi connectivity index (χ2v) is 5.48. The van der Waals surface area contributed by atoms with Gasteiger partial charge in [-0.05, 0) is 32.4 Å². The van der Waals surface area contributed by atoms with Crippen molar-refractivity contribution < 1.29 is 9.21 Å². The van der Waals surface area contributed by atoms with Crippen LogP contribution in [0.3, 0.4) is 0 Å². The quantitative estimate of drug-likeness (QED) is 0.792. The van der Waals surface area contributed by atoms with Crippen LogP contribution in [0.2, 0.25) is 0 Å². The summed E-state index contributed by atoms with van der Waals surface area (Å²) in [5, 5.41) is 13.8. The first kappa shape index (κ1) is 13.5. The number of carbonyl (C=O) groups excluding carboxylic acids is 1. The van der Waals surface area contributed by atoms with Crippen molar-refractivity contribution in [1.82, 2.24) is 20.4 Å². The minimum absolute atomic E-state index is 0.0928. The van der Waals surface area contributed by atoms with Gasteiger partial charge in [0.2, 0.25) is 11.8 Å². The largest absolute Gasteiger partial charge is 0.408 e. The molecule has 1 saturated heterocycles. The molecule has 1 aromatic heterocycles. The van der Waals surface area contributed by atoms with Gasteiger partial charge < -0.3 is 9.73 Å². The van der Waals surface area contributed by atoms with E-state index in [-0.39, 0.29) is 11.9 Å². The molecular formula is C13H21N5O2. The molecule has 1 aromatic rings. The minimum atomic E-state index is -0.0928. The maximum Gasteiger partial charge on any atom is 0.322 e. The Morgan fingerprint density at radius 3 is 2.95 bits per heavy atom. The summed E-state index contributed by atoms with van der Waals surface area (Å²) in [5.41, 5.74) is 0. The maximum atomic E-state index is 12.0. The molecule has 7 heteroatoms. The Labute approximate surface area is 118 Å². The predicted molar refractivity (Wildman–Crippen MR) is 73.4 cm³/mol. The zero-order valence-electron chi connectivity index (χ0n) is 11.8. The smallest absolute Gasteiger partial charge is 0.322 e. The van der Waals surface area contributed by atoms with Crippen LogP contribution in [0.1, 0.15) is 38.0 Å². The second-order valence-electron chi connectivity index (χ2n) is 5.48. The topological polar surface area (TPSA) is 83.3 Å². The third-order valence-electron chi connectivity index (χ3n) is 3.92. The summed E-state index contributed by atoms with van der Waals surface area (Å²) in [6.45, 7) is 5.27. The van der Waals surface area contributed by atoms with Crippen molar-refractivity contribution in [2.75, 3.05) is 31.5 Å². The highest BCUT2D eigenvalue weighted by Crippen LogP contribution is 2.39. The van der Waals surface area contributed by atoms with Crippen LogP contribution >= 0.6 is 0 Å². The van der Waals surface area contributed by atoms with Crippen LogP contribution in [0.15, 0.2) is 4.42 Å². The van der Waals surface area contributed by atoms with E-state index in [0.717, 1.165) is 38.9 Å². The van der Waals surface area contributed by atoms with E-state index in [1.165, 1.54) is 0 Å². The summed E-state index contributed by atoms with van der Waals surface area (Å²) >= 11 is 0. The van der Waals surface area contributed by atoms with Gasteiger partial charge in [0.05, 0.1) is 6.54 Å². The fraction of sp³-hybridized carbons (Fsp3) is 0.769. The molecule has 2 N–H and O–H groups in total. The zero-order chi connectivity index (χ0) is 13.9. The molecule has 3 rings (SSSR count). The Morgan fingerprint density at radius 1 is 1.45 bits per heavy atom. The molecule has 110 valence electrons. The van der Waals surface area contributed by atoms with Gasteiger partial charge in [-0.25, -0.2) is 0 Å². The Balaban J connectivity index is 1.52. The maximum absolute atomic E-state index is 12.0. The highest BCUT2D eigenvalue weighted by atomic mass is 16.4. The van der Waals surface area contributed by atoms with Crippen molar-refractivity contribution in [3.8, 4) is 0 Å². The van der Waals surface area contributed by atoms with Gasteiger partial charge in [-0.15, -0.1) is 5.10 Å². The molecule has 7 nitrogen and oxygen atoms in total. The molecule has 1 unspecified atom stereocenters. The van der Waals surface area contributed by atoms with Gasteiger partial charge in [0.15, 0.2) is 0 Å². The molecule has 2 fully saturated rings.